The lowest BCUT2D eigenvalue weighted by atomic mass is 10.2. The number of benzene rings is 1. The van der Waals surface area contributed by atoms with Gasteiger partial charge in [0.2, 0.25) is 5.95 Å². The zero-order valence-electron chi connectivity index (χ0n) is 20.4. The molecule has 0 saturated heterocycles. The number of ketones is 1. The van der Waals surface area contributed by atoms with Crippen molar-refractivity contribution in [2.75, 3.05) is 63.4 Å². The van der Waals surface area contributed by atoms with Gasteiger partial charge in [-0.1, -0.05) is 6.58 Å². The molecule has 0 aliphatic heterocycles. The fourth-order valence-corrected chi connectivity index (χ4v) is 3.27. The summed E-state index contributed by atoms with van der Waals surface area (Å²) in [6, 6.07) is 5.66. The van der Waals surface area contributed by atoms with Crippen LogP contribution in [0.15, 0.2) is 49.4 Å². The van der Waals surface area contributed by atoms with E-state index in [-0.39, 0.29) is 12.3 Å². The lowest BCUT2D eigenvalue weighted by Gasteiger charge is -2.26. The van der Waals surface area contributed by atoms with E-state index in [0.29, 0.717) is 17.4 Å². The minimum Gasteiger partial charge on any atom is -0.494 e. The van der Waals surface area contributed by atoms with Crippen molar-refractivity contribution in [2.45, 2.75) is 0 Å². The fourth-order valence-electron chi connectivity index (χ4n) is 3.27. The van der Waals surface area contributed by atoms with Gasteiger partial charge in [-0.2, -0.15) is 5.10 Å². The van der Waals surface area contributed by atoms with E-state index >= 15 is 0 Å². The molecule has 10 heteroatoms. The van der Waals surface area contributed by atoms with Crippen molar-refractivity contribution in [1.82, 2.24) is 24.6 Å². The van der Waals surface area contributed by atoms with Crippen LogP contribution in [0.1, 0.15) is 0 Å². The lowest BCUT2D eigenvalue weighted by molar-refractivity contribution is -0.113. The number of methoxy groups -OCH3 is 1. The topological polar surface area (TPSA) is 100 Å². The van der Waals surface area contributed by atoms with Gasteiger partial charge in [-0.25, -0.2) is 9.97 Å². The van der Waals surface area contributed by atoms with Gasteiger partial charge in [-0.3, -0.25) is 9.48 Å². The molecule has 0 atom stereocenters. The first-order valence-electron chi connectivity index (χ1n) is 10.9. The Labute approximate surface area is 200 Å². The van der Waals surface area contributed by atoms with E-state index in [0.717, 1.165) is 35.7 Å². The van der Waals surface area contributed by atoms with Crippen LogP contribution in [0.4, 0.5) is 23.0 Å². The predicted molar refractivity (Wildman–Crippen MR) is 136 cm³/mol. The molecule has 10 nitrogen and oxygen atoms in total. The van der Waals surface area contributed by atoms with E-state index in [1.54, 1.807) is 24.2 Å². The van der Waals surface area contributed by atoms with Crippen LogP contribution >= 0.6 is 0 Å². The Bertz CT molecular complexity index is 1140. The average molecular weight is 465 g/mol. The van der Waals surface area contributed by atoms with Crippen LogP contribution in [0.2, 0.25) is 0 Å². The molecule has 0 amide bonds. The highest BCUT2D eigenvalue weighted by molar-refractivity contribution is 5.93. The standard InChI is InChI=1S/C24H32N8O2/c1-7-18(33)15-26-20-12-21(23(34-6)13-22(20)31(4)11-10-30(2)3)29-24-25-9-8-19(28-24)17-14-27-32(5)16-17/h7-9,12-14,16,26H,1,10-11,15H2,2-6H3,(H,25,28,29). The number of carbonyl (C=O) groups is 1. The maximum Gasteiger partial charge on any atom is 0.227 e. The Morgan fingerprint density at radius 3 is 2.68 bits per heavy atom. The van der Waals surface area contributed by atoms with Gasteiger partial charge in [0, 0.05) is 51.2 Å². The number of aromatic nitrogens is 4. The summed E-state index contributed by atoms with van der Waals surface area (Å²) in [7, 11) is 9.54. The average Bonchev–Trinajstić information content (AvgIpc) is 3.27. The van der Waals surface area contributed by atoms with Crippen LogP contribution in [0.25, 0.3) is 11.3 Å². The second kappa shape index (κ2) is 11.3. The van der Waals surface area contributed by atoms with E-state index in [4.69, 9.17) is 4.74 Å². The molecule has 0 aliphatic carbocycles. The normalized spacial score (nSPS) is 10.8. The maximum absolute atomic E-state index is 11.9. The molecule has 0 bridgehead atoms. The molecule has 2 aromatic heterocycles. The molecule has 0 spiro atoms. The number of aryl methyl sites for hydroxylation is 1. The zero-order chi connectivity index (χ0) is 24.7. The van der Waals surface area contributed by atoms with E-state index in [1.807, 2.05) is 52.6 Å². The first-order valence-corrected chi connectivity index (χ1v) is 10.9. The van der Waals surface area contributed by atoms with E-state index in [1.165, 1.54) is 6.08 Å². The Morgan fingerprint density at radius 2 is 2.03 bits per heavy atom. The Balaban J connectivity index is 1.94. The van der Waals surface area contributed by atoms with Crippen molar-refractivity contribution in [3.63, 3.8) is 0 Å². The summed E-state index contributed by atoms with van der Waals surface area (Å²) in [4.78, 5) is 25.1. The number of nitrogens with zero attached hydrogens (tertiary/aromatic N) is 6. The molecule has 0 unspecified atom stereocenters. The Morgan fingerprint density at radius 1 is 1.24 bits per heavy atom. The second-order valence-electron chi connectivity index (χ2n) is 8.11. The summed E-state index contributed by atoms with van der Waals surface area (Å²) in [6.45, 7) is 5.36. The van der Waals surface area contributed by atoms with Crippen LogP contribution < -0.4 is 20.3 Å². The molecule has 1 aromatic carbocycles. The van der Waals surface area contributed by atoms with Crippen molar-refractivity contribution >= 4 is 28.8 Å². The molecule has 0 radical (unpaired) electrons. The van der Waals surface area contributed by atoms with E-state index in [2.05, 4.69) is 42.1 Å². The van der Waals surface area contributed by atoms with Gasteiger partial charge in [0.25, 0.3) is 0 Å². The molecule has 0 aliphatic rings. The minimum absolute atomic E-state index is 0.0975. The highest BCUT2D eigenvalue weighted by Gasteiger charge is 2.16. The van der Waals surface area contributed by atoms with Crippen molar-refractivity contribution in [2.24, 2.45) is 7.05 Å². The van der Waals surface area contributed by atoms with Crippen LogP contribution in [0.5, 0.6) is 5.75 Å². The Kier molecular flexibility index (Phi) is 8.20. The van der Waals surface area contributed by atoms with Crippen molar-refractivity contribution in [3.05, 3.63) is 49.4 Å². The summed E-state index contributed by atoms with van der Waals surface area (Å²) in [5.41, 5.74) is 4.00. The number of hydrogen-bond acceptors (Lipinski definition) is 9. The molecule has 2 N–H and O–H groups in total. The second-order valence-corrected chi connectivity index (χ2v) is 8.11. The van der Waals surface area contributed by atoms with Crippen LogP contribution in [-0.4, -0.2) is 78.3 Å². The van der Waals surface area contributed by atoms with Crippen LogP contribution in [0.3, 0.4) is 0 Å². The lowest BCUT2D eigenvalue weighted by Crippen LogP contribution is -2.29. The number of hydrogen-bond donors (Lipinski definition) is 2. The molecule has 3 aromatic rings. The summed E-state index contributed by atoms with van der Waals surface area (Å²) in [5, 5.41) is 10.7. The molecule has 0 fully saturated rings. The van der Waals surface area contributed by atoms with Gasteiger partial charge in [0.15, 0.2) is 5.78 Å². The molecular formula is C24H32N8O2. The fraction of sp³-hybridized carbons (Fsp3) is 0.333. The van der Waals surface area contributed by atoms with E-state index < -0.39 is 0 Å². The third kappa shape index (κ3) is 6.32. The molecule has 34 heavy (non-hydrogen) atoms. The number of rotatable bonds is 12. The van der Waals surface area contributed by atoms with Gasteiger partial charge in [-0.15, -0.1) is 0 Å². The van der Waals surface area contributed by atoms with Gasteiger partial charge in [0.05, 0.1) is 42.6 Å². The van der Waals surface area contributed by atoms with Crippen LogP contribution in [0, 0.1) is 0 Å². The van der Waals surface area contributed by atoms with Crippen LogP contribution in [-0.2, 0) is 11.8 Å². The molecular weight excluding hydrogens is 432 g/mol. The molecule has 180 valence electrons. The highest BCUT2D eigenvalue weighted by atomic mass is 16.5. The zero-order valence-corrected chi connectivity index (χ0v) is 20.4. The quantitative estimate of drug-likeness (QED) is 0.392. The largest absolute Gasteiger partial charge is 0.494 e. The van der Waals surface area contributed by atoms with Gasteiger partial charge in [0.1, 0.15) is 5.75 Å². The summed E-state index contributed by atoms with van der Waals surface area (Å²) in [5.74, 6) is 0.948. The van der Waals surface area contributed by atoms with Gasteiger partial charge >= 0.3 is 0 Å². The molecule has 2 heterocycles. The summed E-state index contributed by atoms with van der Waals surface area (Å²) < 4.78 is 7.40. The predicted octanol–water partition coefficient (Wildman–Crippen LogP) is 2.79. The number of likely N-dealkylation sites (N-methyl/N-ethyl adjacent to an activating group) is 2. The summed E-state index contributed by atoms with van der Waals surface area (Å²) in [6.07, 6.45) is 6.64. The first kappa shape index (κ1) is 24.7. The van der Waals surface area contributed by atoms with Crippen molar-refractivity contribution in [3.8, 4) is 17.0 Å². The molecule has 0 saturated carbocycles. The smallest absolute Gasteiger partial charge is 0.227 e. The number of nitrogens with one attached hydrogen (secondary N) is 2. The monoisotopic (exact) mass is 464 g/mol. The number of ether oxygens (including phenoxy) is 1. The van der Waals surface area contributed by atoms with Gasteiger partial charge in [-0.05, 0) is 32.3 Å². The van der Waals surface area contributed by atoms with Gasteiger partial charge < -0.3 is 25.2 Å². The third-order valence-corrected chi connectivity index (χ3v) is 5.20. The Hall–Kier alpha value is -3.92. The SMILES string of the molecule is C=CC(=O)CNc1cc(Nc2nccc(-c3cnn(C)c3)n2)c(OC)cc1N(C)CCN(C)C. The third-order valence-electron chi connectivity index (χ3n) is 5.20. The van der Waals surface area contributed by atoms with E-state index in [9.17, 15) is 4.79 Å². The first-order chi connectivity index (χ1) is 16.3. The number of anilines is 4. The van der Waals surface area contributed by atoms with Crippen molar-refractivity contribution in [1.29, 1.82) is 0 Å². The molecule has 3 rings (SSSR count). The van der Waals surface area contributed by atoms with Crippen molar-refractivity contribution < 1.29 is 9.53 Å². The number of carbonyl (C=O) groups excluding carboxylic acids is 1. The minimum atomic E-state index is -0.0975. The maximum atomic E-state index is 11.9. The summed E-state index contributed by atoms with van der Waals surface area (Å²) >= 11 is 0. The highest BCUT2D eigenvalue weighted by Crippen LogP contribution is 2.38.